The minimum Gasteiger partial charge on any atom is -0.353 e. The number of nitrogens with one attached hydrogen (secondary N) is 1. The predicted molar refractivity (Wildman–Crippen MR) is 164 cm³/mol. The van der Waals surface area contributed by atoms with Gasteiger partial charge in [-0.2, -0.15) is 0 Å². The van der Waals surface area contributed by atoms with Gasteiger partial charge < -0.3 is 15.1 Å². The van der Waals surface area contributed by atoms with E-state index in [1.54, 1.807) is 12.1 Å². The van der Waals surface area contributed by atoms with Crippen molar-refractivity contribution in [2.24, 2.45) is 0 Å². The van der Waals surface area contributed by atoms with Crippen LogP contribution in [0.3, 0.4) is 0 Å². The number of likely N-dealkylation sites (tertiary alicyclic amines) is 1. The van der Waals surface area contributed by atoms with Gasteiger partial charge in [0.25, 0.3) is 0 Å². The Kier molecular flexibility index (Phi) is 10.3. The summed E-state index contributed by atoms with van der Waals surface area (Å²) in [5, 5.41) is 4.02. The molecule has 1 aliphatic carbocycles. The smallest absolute Gasteiger partial charge is 0.317 e. The Balaban J connectivity index is 1.18. The number of halogens is 3. The summed E-state index contributed by atoms with van der Waals surface area (Å²) in [5.41, 5.74) is 1.68. The van der Waals surface area contributed by atoms with Crippen molar-refractivity contribution in [2.45, 2.75) is 83.6 Å². The Hall–Kier alpha value is -2.13. The van der Waals surface area contributed by atoms with Gasteiger partial charge in [-0.3, -0.25) is 9.80 Å². The van der Waals surface area contributed by atoms with Crippen LogP contribution in [-0.2, 0) is 13.1 Å². The minimum atomic E-state index is -0.221. The molecule has 1 N–H and O–H groups in total. The van der Waals surface area contributed by atoms with E-state index in [1.165, 1.54) is 6.07 Å². The molecule has 0 radical (unpaired) electrons. The molecule has 3 aliphatic rings. The lowest BCUT2D eigenvalue weighted by Crippen LogP contribution is -2.58. The Bertz CT molecular complexity index is 1190. The SMILES string of the molecule is CCC[C@H]1CN(c2ncc(CN(C(=O)NCC)C3CC3)cc2Cl)CCN1C1CCN(Cc2ccc(Cl)cc2F)CC1. The average molecular weight is 606 g/mol. The number of piperazine rings is 1. The second kappa shape index (κ2) is 13.9. The summed E-state index contributed by atoms with van der Waals surface area (Å²) < 4.78 is 14.3. The van der Waals surface area contributed by atoms with Crippen LogP contribution in [0.5, 0.6) is 0 Å². The van der Waals surface area contributed by atoms with E-state index in [0.717, 1.165) is 82.6 Å². The third-order valence-electron chi connectivity index (χ3n) is 8.69. The molecule has 1 atom stereocenters. The number of aromatic nitrogens is 1. The summed E-state index contributed by atoms with van der Waals surface area (Å²) in [6.45, 7) is 10.7. The average Bonchev–Trinajstić information content (AvgIpc) is 3.80. The van der Waals surface area contributed by atoms with Crippen molar-refractivity contribution in [3.05, 3.63) is 57.5 Å². The third-order valence-corrected chi connectivity index (χ3v) is 9.21. The Labute approximate surface area is 254 Å². The normalized spacial score (nSPS) is 20.8. The van der Waals surface area contributed by atoms with Crippen molar-refractivity contribution in [1.29, 1.82) is 0 Å². The van der Waals surface area contributed by atoms with Gasteiger partial charge in [0.2, 0.25) is 0 Å². The molecule has 5 rings (SSSR count). The molecule has 0 bridgehead atoms. The summed E-state index contributed by atoms with van der Waals surface area (Å²) in [7, 11) is 0. The lowest BCUT2D eigenvalue weighted by Gasteiger charge is -2.48. The van der Waals surface area contributed by atoms with Gasteiger partial charge in [0, 0.05) is 74.2 Å². The van der Waals surface area contributed by atoms with E-state index in [2.05, 4.69) is 26.9 Å². The number of carbonyl (C=O) groups excluding carboxylic acids is 1. The van der Waals surface area contributed by atoms with E-state index in [-0.39, 0.29) is 11.8 Å². The molecule has 10 heteroatoms. The number of rotatable bonds is 10. The Morgan fingerprint density at radius 1 is 1.10 bits per heavy atom. The maximum atomic E-state index is 14.3. The van der Waals surface area contributed by atoms with Crippen LogP contribution in [0.2, 0.25) is 10.0 Å². The summed E-state index contributed by atoms with van der Waals surface area (Å²) in [4.78, 5) is 26.7. The van der Waals surface area contributed by atoms with Crippen LogP contribution >= 0.6 is 23.2 Å². The fraction of sp³-hybridized carbons (Fsp3) is 0.613. The molecule has 1 saturated carbocycles. The highest BCUT2D eigenvalue weighted by Crippen LogP contribution is 2.32. The molecule has 7 nitrogen and oxygen atoms in total. The monoisotopic (exact) mass is 604 g/mol. The maximum Gasteiger partial charge on any atom is 0.317 e. The van der Waals surface area contributed by atoms with E-state index in [4.69, 9.17) is 28.2 Å². The molecule has 2 aromatic rings. The van der Waals surface area contributed by atoms with Crippen LogP contribution in [0, 0.1) is 5.82 Å². The molecule has 2 amide bonds. The number of hydrogen-bond acceptors (Lipinski definition) is 5. The van der Waals surface area contributed by atoms with Gasteiger partial charge in [-0.25, -0.2) is 14.2 Å². The van der Waals surface area contributed by atoms with E-state index < -0.39 is 0 Å². The van der Waals surface area contributed by atoms with Crippen molar-refractivity contribution < 1.29 is 9.18 Å². The van der Waals surface area contributed by atoms with Gasteiger partial charge >= 0.3 is 6.03 Å². The third kappa shape index (κ3) is 7.64. The summed E-state index contributed by atoms with van der Waals surface area (Å²) >= 11 is 12.7. The summed E-state index contributed by atoms with van der Waals surface area (Å²) in [5.74, 6) is 0.619. The number of piperidine rings is 1. The second-order valence-electron chi connectivity index (χ2n) is 11.7. The van der Waals surface area contributed by atoms with E-state index >= 15 is 0 Å². The molecular formula is C31H43Cl2FN6O. The number of carbonyl (C=O) groups is 1. The standard InChI is InChI=1S/C31H43Cl2FN6O/c1-3-5-27-21-38(30-28(33)16-22(18-36-30)19-40(25-8-9-25)31(41)35-4-2)14-15-39(27)26-10-12-37(13-11-26)20-23-6-7-24(32)17-29(23)34/h6-7,16-18,25-27H,3-5,8-15,19-21H2,1-2H3,(H,35,41)/t27-/m0/s1. The first-order chi connectivity index (χ1) is 19.9. The molecule has 41 heavy (non-hydrogen) atoms. The van der Waals surface area contributed by atoms with Crippen molar-refractivity contribution in [3.8, 4) is 0 Å². The van der Waals surface area contributed by atoms with Crippen LogP contribution < -0.4 is 10.2 Å². The highest BCUT2D eigenvalue weighted by atomic mass is 35.5. The second-order valence-corrected chi connectivity index (χ2v) is 12.6. The lowest BCUT2D eigenvalue weighted by atomic mass is 9.97. The number of benzene rings is 1. The van der Waals surface area contributed by atoms with Crippen LogP contribution in [0.25, 0.3) is 0 Å². The van der Waals surface area contributed by atoms with Gasteiger partial charge in [0.15, 0.2) is 0 Å². The molecule has 1 aromatic heterocycles. The molecule has 224 valence electrons. The van der Waals surface area contributed by atoms with Gasteiger partial charge in [0.05, 0.1) is 5.02 Å². The molecule has 1 aromatic carbocycles. The van der Waals surface area contributed by atoms with Gasteiger partial charge in [-0.15, -0.1) is 0 Å². The molecule has 0 spiro atoms. The first kappa shape index (κ1) is 30.3. The van der Waals surface area contributed by atoms with Crippen molar-refractivity contribution in [3.63, 3.8) is 0 Å². The zero-order valence-electron chi connectivity index (χ0n) is 24.3. The largest absolute Gasteiger partial charge is 0.353 e. The Morgan fingerprint density at radius 3 is 2.54 bits per heavy atom. The topological polar surface area (TPSA) is 55.0 Å². The van der Waals surface area contributed by atoms with Crippen LogP contribution in [0.15, 0.2) is 30.5 Å². The first-order valence-electron chi connectivity index (χ1n) is 15.2. The molecule has 3 heterocycles. The van der Waals surface area contributed by atoms with Gasteiger partial charge in [-0.1, -0.05) is 42.6 Å². The minimum absolute atomic E-state index is 0.0169. The number of nitrogens with zero attached hydrogens (tertiary/aromatic N) is 5. The van der Waals surface area contributed by atoms with Gasteiger partial charge in [0.1, 0.15) is 11.6 Å². The number of amides is 2. The van der Waals surface area contributed by atoms with Crippen molar-refractivity contribution in [1.82, 2.24) is 25.0 Å². The highest BCUT2D eigenvalue weighted by molar-refractivity contribution is 6.33. The number of hydrogen-bond donors (Lipinski definition) is 1. The molecule has 3 fully saturated rings. The molecule has 2 saturated heterocycles. The number of anilines is 1. The maximum absolute atomic E-state index is 14.3. The van der Waals surface area contributed by atoms with Crippen molar-refractivity contribution in [2.75, 3.05) is 44.2 Å². The number of pyridine rings is 1. The zero-order valence-corrected chi connectivity index (χ0v) is 25.8. The molecule has 0 unspecified atom stereocenters. The zero-order chi connectivity index (χ0) is 28.9. The fourth-order valence-electron chi connectivity index (χ4n) is 6.42. The van der Waals surface area contributed by atoms with Crippen LogP contribution in [-0.4, -0.2) is 83.1 Å². The highest BCUT2D eigenvalue weighted by Gasteiger charge is 2.35. The van der Waals surface area contributed by atoms with Crippen LogP contribution in [0.1, 0.15) is 63.5 Å². The first-order valence-corrected chi connectivity index (χ1v) is 16.0. The van der Waals surface area contributed by atoms with E-state index in [9.17, 15) is 9.18 Å². The molecular weight excluding hydrogens is 562 g/mol. The lowest BCUT2D eigenvalue weighted by molar-refractivity contribution is 0.0587. The van der Waals surface area contributed by atoms with Gasteiger partial charge in [-0.05, 0) is 75.9 Å². The summed E-state index contributed by atoms with van der Waals surface area (Å²) in [6.07, 6.45) is 8.43. The fourth-order valence-corrected chi connectivity index (χ4v) is 6.89. The Morgan fingerprint density at radius 2 is 1.88 bits per heavy atom. The number of urea groups is 1. The van der Waals surface area contributed by atoms with E-state index in [1.807, 2.05) is 24.1 Å². The quantitative estimate of drug-likeness (QED) is 0.351. The van der Waals surface area contributed by atoms with Crippen molar-refractivity contribution >= 4 is 35.1 Å². The van der Waals surface area contributed by atoms with Crippen LogP contribution in [0.4, 0.5) is 15.0 Å². The summed E-state index contributed by atoms with van der Waals surface area (Å²) in [6, 6.07) is 8.24. The van der Waals surface area contributed by atoms with E-state index in [0.29, 0.717) is 53.4 Å². The predicted octanol–water partition coefficient (Wildman–Crippen LogP) is 6.18. The molecule has 2 aliphatic heterocycles.